The topological polar surface area (TPSA) is 47.3 Å². The number of hydrogen-bond donors (Lipinski definition) is 2. The molecule has 98 valence electrons. The van der Waals surface area contributed by atoms with Gasteiger partial charge in [0, 0.05) is 12.6 Å². The van der Waals surface area contributed by atoms with Crippen molar-refractivity contribution in [3.8, 4) is 18.1 Å². The van der Waals surface area contributed by atoms with E-state index >= 15 is 0 Å². The molecule has 0 saturated carbocycles. The van der Waals surface area contributed by atoms with E-state index < -0.39 is 0 Å². The average molecular weight is 246 g/mol. The first-order valence-corrected chi connectivity index (χ1v) is 6.31. The Morgan fingerprint density at radius 3 is 2.50 bits per heavy atom. The SMILES string of the molecule is C#CC(CCC)NC(CN)c1ccc(OC)cc1. The Morgan fingerprint density at radius 1 is 1.39 bits per heavy atom. The van der Waals surface area contributed by atoms with Crippen LogP contribution in [0.15, 0.2) is 24.3 Å². The smallest absolute Gasteiger partial charge is 0.118 e. The first-order valence-electron chi connectivity index (χ1n) is 6.31. The standard InChI is InChI=1S/C15H22N2O/c1-4-6-13(5-2)17-15(11-16)12-7-9-14(18-3)10-8-12/h2,7-10,13,15,17H,4,6,11,16H2,1,3H3. The van der Waals surface area contributed by atoms with E-state index in [1.165, 1.54) is 0 Å². The lowest BCUT2D eigenvalue weighted by Crippen LogP contribution is -2.35. The number of benzene rings is 1. The summed E-state index contributed by atoms with van der Waals surface area (Å²) in [6, 6.07) is 8.06. The molecule has 1 aromatic carbocycles. The molecule has 0 saturated heterocycles. The van der Waals surface area contributed by atoms with E-state index in [-0.39, 0.29) is 12.1 Å². The van der Waals surface area contributed by atoms with Gasteiger partial charge in [0.15, 0.2) is 0 Å². The van der Waals surface area contributed by atoms with Crippen LogP contribution in [0, 0.1) is 12.3 Å². The summed E-state index contributed by atoms with van der Waals surface area (Å²) in [5.41, 5.74) is 6.95. The lowest BCUT2D eigenvalue weighted by Gasteiger charge is -2.21. The van der Waals surface area contributed by atoms with Crippen molar-refractivity contribution in [3.05, 3.63) is 29.8 Å². The number of rotatable bonds is 7. The third-order valence-electron chi connectivity index (χ3n) is 2.93. The summed E-state index contributed by atoms with van der Waals surface area (Å²) in [5.74, 6) is 3.61. The van der Waals surface area contributed by atoms with Gasteiger partial charge in [-0.3, -0.25) is 5.32 Å². The Balaban J connectivity index is 2.72. The zero-order valence-electron chi connectivity index (χ0n) is 11.1. The highest BCUT2D eigenvalue weighted by Gasteiger charge is 2.13. The molecule has 0 spiro atoms. The number of nitrogens with two attached hydrogens (primary N) is 1. The predicted molar refractivity (Wildman–Crippen MR) is 75.5 cm³/mol. The predicted octanol–water partition coefficient (Wildman–Crippen LogP) is 2.09. The maximum atomic E-state index is 5.81. The third-order valence-corrected chi connectivity index (χ3v) is 2.93. The van der Waals surface area contributed by atoms with Crippen molar-refractivity contribution in [2.24, 2.45) is 5.73 Å². The van der Waals surface area contributed by atoms with Gasteiger partial charge in [0.1, 0.15) is 5.75 Å². The fourth-order valence-electron chi connectivity index (χ4n) is 1.88. The number of ether oxygens (including phenoxy) is 1. The maximum Gasteiger partial charge on any atom is 0.118 e. The molecule has 1 aromatic rings. The molecule has 0 aliphatic carbocycles. The monoisotopic (exact) mass is 246 g/mol. The molecule has 0 aliphatic heterocycles. The summed E-state index contributed by atoms with van der Waals surface area (Å²) < 4.78 is 5.14. The van der Waals surface area contributed by atoms with Crippen LogP contribution in [0.4, 0.5) is 0 Å². The number of nitrogens with one attached hydrogen (secondary N) is 1. The van der Waals surface area contributed by atoms with Gasteiger partial charge in [-0.2, -0.15) is 0 Å². The molecule has 3 heteroatoms. The molecule has 2 unspecified atom stereocenters. The molecule has 18 heavy (non-hydrogen) atoms. The van der Waals surface area contributed by atoms with E-state index in [1.54, 1.807) is 7.11 Å². The minimum absolute atomic E-state index is 0.0747. The fourth-order valence-corrected chi connectivity index (χ4v) is 1.88. The van der Waals surface area contributed by atoms with Crippen LogP contribution in [0.3, 0.4) is 0 Å². The van der Waals surface area contributed by atoms with Crippen molar-refractivity contribution in [2.45, 2.75) is 31.8 Å². The van der Waals surface area contributed by atoms with Crippen molar-refractivity contribution in [3.63, 3.8) is 0 Å². The quantitative estimate of drug-likeness (QED) is 0.724. The van der Waals surface area contributed by atoms with E-state index in [9.17, 15) is 0 Å². The fraction of sp³-hybridized carbons (Fsp3) is 0.467. The molecular weight excluding hydrogens is 224 g/mol. The Labute approximate surface area is 110 Å². The minimum Gasteiger partial charge on any atom is -0.497 e. The van der Waals surface area contributed by atoms with Gasteiger partial charge in [-0.15, -0.1) is 6.42 Å². The summed E-state index contributed by atoms with van der Waals surface area (Å²) in [6.07, 6.45) is 7.53. The van der Waals surface area contributed by atoms with Crippen LogP contribution in [-0.4, -0.2) is 19.7 Å². The second-order valence-electron chi connectivity index (χ2n) is 4.24. The molecule has 0 fully saturated rings. The largest absolute Gasteiger partial charge is 0.497 e. The zero-order valence-corrected chi connectivity index (χ0v) is 11.1. The van der Waals surface area contributed by atoms with Gasteiger partial charge in [0.05, 0.1) is 13.2 Å². The Hall–Kier alpha value is -1.50. The minimum atomic E-state index is 0.0747. The van der Waals surface area contributed by atoms with Gasteiger partial charge in [-0.25, -0.2) is 0 Å². The summed E-state index contributed by atoms with van der Waals surface area (Å²) in [6.45, 7) is 2.64. The van der Waals surface area contributed by atoms with Gasteiger partial charge < -0.3 is 10.5 Å². The van der Waals surface area contributed by atoms with Crippen molar-refractivity contribution >= 4 is 0 Å². The van der Waals surface area contributed by atoms with E-state index in [0.29, 0.717) is 6.54 Å². The van der Waals surface area contributed by atoms with E-state index in [4.69, 9.17) is 16.9 Å². The second kappa shape index (κ2) is 7.75. The molecular formula is C15H22N2O. The van der Waals surface area contributed by atoms with Gasteiger partial charge in [-0.05, 0) is 24.1 Å². The van der Waals surface area contributed by atoms with Crippen LogP contribution in [-0.2, 0) is 0 Å². The van der Waals surface area contributed by atoms with Gasteiger partial charge in [0.25, 0.3) is 0 Å². The molecule has 0 heterocycles. The van der Waals surface area contributed by atoms with Crippen molar-refractivity contribution in [1.29, 1.82) is 0 Å². The van der Waals surface area contributed by atoms with Crippen LogP contribution >= 0.6 is 0 Å². The lowest BCUT2D eigenvalue weighted by molar-refractivity contribution is 0.414. The van der Waals surface area contributed by atoms with E-state index in [0.717, 1.165) is 24.2 Å². The molecule has 2 atom stereocenters. The molecule has 0 radical (unpaired) electrons. The summed E-state index contributed by atoms with van der Waals surface area (Å²) >= 11 is 0. The Morgan fingerprint density at radius 2 is 2.06 bits per heavy atom. The van der Waals surface area contributed by atoms with Gasteiger partial charge >= 0.3 is 0 Å². The Kier molecular flexibility index (Phi) is 6.27. The second-order valence-corrected chi connectivity index (χ2v) is 4.24. The molecule has 1 rings (SSSR count). The number of methoxy groups -OCH3 is 1. The molecule has 3 N–H and O–H groups in total. The van der Waals surface area contributed by atoms with Crippen LogP contribution in [0.1, 0.15) is 31.4 Å². The molecule has 0 aromatic heterocycles. The third kappa shape index (κ3) is 4.06. The highest BCUT2D eigenvalue weighted by Crippen LogP contribution is 2.18. The van der Waals surface area contributed by atoms with Gasteiger partial charge in [0.2, 0.25) is 0 Å². The van der Waals surface area contributed by atoms with Crippen molar-refractivity contribution in [2.75, 3.05) is 13.7 Å². The molecule has 3 nitrogen and oxygen atoms in total. The summed E-state index contributed by atoms with van der Waals surface area (Å²) in [7, 11) is 1.66. The maximum absolute atomic E-state index is 5.81. The van der Waals surface area contributed by atoms with Crippen LogP contribution in [0.25, 0.3) is 0 Å². The Bertz CT molecular complexity index is 380. The van der Waals surface area contributed by atoms with E-state index in [1.807, 2.05) is 24.3 Å². The van der Waals surface area contributed by atoms with Crippen LogP contribution < -0.4 is 15.8 Å². The molecule has 0 amide bonds. The van der Waals surface area contributed by atoms with Crippen LogP contribution in [0.2, 0.25) is 0 Å². The van der Waals surface area contributed by atoms with Gasteiger partial charge in [-0.1, -0.05) is 31.4 Å². The highest BCUT2D eigenvalue weighted by atomic mass is 16.5. The molecule has 0 bridgehead atoms. The van der Waals surface area contributed by atoms with Crippen molar-refractivity contribution in [1.82, 2.24) is 5.32 Å². The normalized spacial score (nSPS) is 13.7. The van der Waals surface area contributed by atoms with E-state index in [2.05, 4.69) is 18.2 Å². The average Bonchev–Trinajstić information content (AvgIpc) is 2.43. The van der Waals surface area contributed by atoms with Crippen molar-refractivity contribution < 1.29 is 4.74 Å². The summed E-state index contributed by atoms with van der Waals surface area (Å²) in [4.78, 5) is 0. The zero-order chi connectivity index (χ0) is 13.4. The van der Waals surface area contributed by atoms with Crippen LogP contribution in [0.5, 0.6) is 5.75 Å². The first-order chi connectivity index (χ1) is 8.74. The number of terminal acetylenes is 1. The lowest BCUT2D eigenvalue weighted by atomic mass is 10.0. The first kappa shape index (κ1) is 14.6. The number of hydrogen-bond acceptors (Lipinski definition) is 3. The highest BCUT2D eigenvalue weighted by molar-refractivity contribution is 5.29. The summed E-state index contributed by atoms with van der Waals surface area (Å²) in [5, 5.41) is 3.41. The molecule has 0 aliphatic rings.